The second kappa shape index (κ2) is 7.89. The minimum atomic E-state index is -0.165. The summed E-state index contributed by atoms with van der Waals surface area (Å²) < 4.78 is 0. The first-order valence-electron chi connectivity index (χ1n) is 8.36. The van der Waals surface area contributed by atoms with Gasteiger partial charge in [0.15, 0.2) is 11.6 Å². The topological polar surface area (TPSA) is 34.1 Å². The van der Waals surface area contributed by atoms with Gasteiger partial charge >= 0.3 is 0 Å². The molecular weight excluding hydrogens is 308 g/mol. The highest BCUT2D eigenvalue weighted by molar-refractivity contribution is 5.91. The number of rotatable bonds is 8. The van der Waals surface area contributed by atoms with Gasteiger partial charge in [-0.2, -0.15) is 0 Å². The van der Waals surface area contributed by atoms with E-state index in [2.05, 4.69) is 51.3 Å². The Labute approximate surface area is 149 Å². The fraction of sp³-hybridized carbons (Fsp3) is 0.217. The van der Waals surface area contributed by atoms with Gasteiger partial charge in [0.2, 0.25) is 0 Å². The molecule has 0 saturated heterocycles. The quantitative estimate of drug-likeness (QED) is 0.662. The van der Waals surface area contributed by atoms with E-state index in [9.17, 15) is 9.59 Å². The molecule has 25 heavy (non-hydrogen) atoms. The van der Waals surface area contributed by atoms with Crippen molar-refractivity contribution in [1.82, 2.24) is 0 Å². The van der Waals surface area contributed by atoms with Crippen molar-refractivity contribution in [3.8, 4) is 0 Å². The molecule has 2 heteroatoms. The standard InChI is InChI=1S/C23H24O2/c1-5-21(24)15-17-7-11-19(12-8-17)23(3,4)20-13-9-18(10-14-20)16-22(25)6-2/h5-14H,1-2,15-16H2,3-4H3. The molecular formula is C23H24O2. The van der Waals surface area contributed by atoms with Crippen LogP contribution in [-0.2, 0) is 27.8 Å². The third-order valence-corrected chi connectivity index (χ3v) is 4.56. The number of carbonyl (C=O) groups excluding carboxylic acids is 2. The van der Waals surface area contributed by atoms with Crippen LogP contribution in [0.3, 0.4) is 0 Å². The molecule has 0 aromatic heterocycles. The van der Waals surface area contributed by atoms with Crippen molar-refractivity contribution in [2.45, 2.75) is 32.1 Å². The highest BCUT2D eigenvalue weighted by Gasteiger charge is 2.23. The van der Waals surface area contributed by atoms with Gasteiger partial charge in [0.1, 0.15) is 0 Å². The first-order chi connectivity index (χ1) is 11.9. The Morgan fingerprint density at radius 2 is 1.08 bits per heavy atom. The lowest BCUT2D eigenvalue weighted by molar-refractivity contribution is -0.114. The number of ketones is 2. The van der Waals surface area contributed by atoms with Gasteiger partial charge in [-0.3, -0.25) is 9.59 Å². The van der Waals surface area contributed by atoms with Crippen molar-refractivity contribution in [2.24, 2.45) is 0 Å². The van der Waals surface area contributed by atoms with E-state index in [4.69, 9.17) is 0 Å². The van der Waals surface area contributed by atoms with E-state index in [1.54, 1.807) is 0 Å². The van der Waals surface area contributed by atoms with Crippen molar-refractivity contribution >= 4 is 11.6 Å². The minimum Gasteiger partial charge on any atom is -0.295 e. The van der Waals surface area contributed by atoms with Crippen LogP contribution >= 0.6 is 0 Å². The molecule has 0 heterocycles. The fourth-order valence-electron chi connectivity index (χ4n) is 2.79. The summed E-state index contributed by atoms with van der Waals surface area (Å²) in [5, 5.41) is 0. The SMILES string of the molecule is C=CC(=O)Cc1ccc(C(C)(C)c2ccc(CC(=O)C=C)cc2)cc1. The van der Waals surface area contributed by atoms with Gasteiger partial charge in [-0.05, 0) is 34.4 Å². The van der Waals surface area contributed by atoms with Crippen molar-refractivity contribution in [3.05, 3.63) is 96.1 Å². The Morgan fingerprint density at radius 3 is 1.36 bits per heavy atom. The average molecular weight is 332 g/mol. The highest BCUT2D eigenvalue weighted by atomic mass is 16.1. The van der Waals surface area contributed by atoms with Crippen molar-refractivity contribution in [2.75, 3.05) is 0 Å². The van der Waals surface area contributed by atoms with Crippen LogP contribution < -0.4 is 0 Å². The molecule has 128 valence electrons. The third kappa shape index (κ3) is 4.63. The van der Waals surface area contributed by atoms with Crippen molar-refractivity contribution < 1.29 is 9.59 Å². The van der Waals surface area contributed by atoms with Crippen LogP contribution in [0.15, 0.2) is 73.8 Å². The lowest BCUT2D eigenvalue weighted by atomic mass is 9.77. The lowest BCUT2D eigenvalue weighted by Gasteiger charge is -2.26. The summed E-state index contributed by atoms with van der Waals surface area (Å²) in [5.74, 6) is 0.0494. The van der Waals surface area contributed by atoms with Gasteiger partial charge < -0.3 is 0 Å². The molecule has 2 aromatic rings. The van der Waals surface area contributed by atoms with Crippen LogP contribution in [0.5, 0.6) is 0 Å². The largest absolute Gasteiger partial charge is 0.295 e. The van der Waals surface area contributed by atoms with Crippen molar-refractivity contribution in [3.63, 3.8) is 0 Å². The molecule has 0 aliphatic carbocycles. The zero-order chi connectivity index (χ0) is 18.4. The molecule has 0 unspecified atom stereocenters. The normalized spacial score (nSPS) is 11.0. The lowest BCUT2D eigenvalue weighted by Crippen LogP contribution is -2.19. The maximum Gasteiger partial charge on any atom is 0.159 e. The van der Waals surface area contributed by atoms with E-state index in [-0.39, 0.29) is 17.0 Å². The molecule has 0 atom stereocenters. The predicted octanol–water partition coefficient (Wildman–Crippen LogP) is 4.61. The third-order valence-electron chi connectivity index (χ3n) is 4.56. The molecule has 0 aliphatic rings. The Bertz CT molecular complexity index is 710. The van der Waals surface area contributed by atoms with Gasteiger partial charge in [-0.1, -0.05) is 75.5 Å². The summed E-state index contributed by atoms with van der Waals surface area (Å²) in [6.45, 7) is 11.4. The maximum atomic E-state index is 11.5. The van der Waals surface area contributed by atoms with Crippen LogP contribution in [0, 0.1) is 0 Å². The summed E-state index contributed by atoms with van der Waals surface area (Å²) in [4.78, 5) is 22.9. The second-order valence-electron chi connectivity index (χ2n) is 6.71. The van der Waals surface area contributed by atoms with E-state index >= 15 is 0 Å². The Hall–Kier alpha value is -2.74. The molecule has 0 saturated carbocycles. The van der Waals surface area contributed by atoms with Crippen LogP contribution in [0.2, 0.25) is 0 Å². The van der Waals surface area contributed by atoms with E-state index in [1.165, 1.54) is 23.3 Å². The van der Waals surface area contributed by atoms with Crippen molar-refractivity contribution in [1.29, 1.82) is 0 Å². The number of hydrogen-bond donors (Lipinski definition) is 0. The zero-order valence-electron chi connectivity index (χ0n) is 14.9. The van der Waals surface area contributed by atoms with Crippen LogP contribution in [0.4, 0.5) is 0 Å². The van der Waals surface area contributed by atoms with E-state index in [0.717, 1.165) is 11.1 Å². The van der Waals surface area contributed by atoms with Gasteiger partial charge in [0.05, 0.1) is 0 Å². The molecule has 0 bridgehead atoms. The molecule has 0 aliphatic heterocycles. The number of benzene rings is 2. The summed E-state index contributed by atoms with van der Waals surface area (Å²) in [7, 11) is 0. The Kier molecular flexibility index (Phi) is 5.87. The minimum absolute atomic E-state index is 0.0247. The van der Waals surface area contributed by atoms with Crippen LogP contribution in [0.25, 0.3) is 0 Å². The Morgan fingerprint density at radius 1 is 0.760 bits per heavy atom. The molecule has 0 radical (unpaired) electrons. The summed E-state index contributed by atoms with van der Waals surface area (Å²) in [6, 6.07) is 16.3. The van der Waals surface area contributed by atoms with E-state index < -0.39 is 0 Å². The fourth-order valence-corrected chi connectivity index (χ4v) is 2.79. The van der Waals surface area contributed by atoms with Crippen LogP contribution in [0.1, 0.15) is 36.1 Å². The molecule has 0 N–H and O–H groups in total. The molecule has 0 spiro atoms. The summed E-state index contributed by atoms with van der Waals surface area (Å²) in [5.41, 5.74) is 4.17. The average Bonchev–Trinajstić information content (AvgIpc) is 2.62. The first-order valence-corrected chi connectivity index (χ1v) is 8.36. The zero-order valence-corrected chi connectivity index (χ0v) is 14.9. The monoisotopic (exact) mass is 332 g/mol. The number of hydrogen-bond acceptors (Lipinski definition) is 2. The molecule has 2 nitrogen and oxygen atoms in total. The molecule has 2 aromatic carbocycles. The maximum absolute atomic E-state index is 11.5. The summed E-state index contributed by atoms with van der Waals surface area (Å²) >= 11 is 0. The predicted molar refractivity (Wildman–Crippen MR) is 103 cm³/mol. The van der Waals surface area contributed by atoms with Crippen LogP contribution in [-0.4, -0.2) is 11.6 Å². The molecule has 0 fully saturated rings. The van der Waals surface area contributed by atoms with Gasteiger partial charge in [0.25, 0.3) is 0 Å². The van der Waals surface area contributed by atoms with E-state index in [0.29, 0.717) is 12.8 Å². The Balaban J connectivity index is 2.19. The first kappa shape index (κ1) is 18.6. The second-order valence-corrected chi connectivity index (χ2v) is 6.71. The van der Waals surface area contributed by atoms with E-state index in [1.807, 2.05) is 24.3 Å². The van der Waals surface area contributed by atoms with Gasteiger partial charge in [-0.15, -0.1) is 0 Å². The molecule has 0 amide bonds. The smallest absolute Gasteiger partial charge is 0.159 e. The van der Waals surface area contributed by atoms with Gasteiger partial charge in [-0.25, -0.2) is 0 Å². The summed E-state index contributed by atoms with van der Waals surface area (Å²) in [6.07, 6.45) is 3.49. The van der Waals surface area contributed by atoms with Gasteiger partial charge in [0, 0.05) is 18.3 Å². The number of carbonyl (C=O) groups is 2. The number of allylic oxidation sites excluding steroid dienone is 2. The molecule has 2 rings (SSSR count). The highest BCUT2D eigenvalue weighted by Crippen LogP contribution is 2.31.